The van der Waals surface area contributed by atoms with Crippen molar-refractivity contribution in [2.45, 2.75) is 71.4 Å². The first-order chi connectivity index (χ1) is 16.8. The molecule has 0 atom stereocenters. The van der Waals surface area contributed by atoms with Crippen LogP contribution in [-0.2, 0) is 5.60 Å². The van der Waals surface area contributed by atoms with E-state index in [1.165, 1.54) is 12.1 Å². The number of alkyl halides is 3. The van der Waals surface area contributed by atoms with Crippen LogP contribution in [0.5, 0.6) is 5.88 Å². The van der Waals surface area contributed by atoms with Crippen LogP contribution >= 0.6 is 0 Å². The highest BCUT2D eigenvalue weighted by Crippen LogP contribution is 2.37. The number of aliphatic hydroxyl groups is 1. The van der Waals surface area contributed by atoms with Crippen molar-refractivity contribution in [3.05, 3.63) is 47.8 Å². The molecule has 0 saturated heterocycles. The minimum Gasteiger partial charge on any atom is -0.388 e. The van der Waals surface area contributed by atoms with Crippen molar-refractivity contribution in [3.63, 3.8) is 0 Å². The second kappa shape index (κ2) is 9.72. The Kier molecular flexibility index (Phi) is 7.01. The van der Waals surface area contributed by atoms with Crippen molar-refractivity contribution < 1.29 is 27.8 Å². The molecule has 1 aromatic carbocycles. The van der Waals surface area contributed by atoms with Crippen LogP contribution in [0.25, 0.3) is 10.9 Å². The van der Waals surface area contributed by atoms with Gasteiger partial charge in [-0.3, -0.25) is 9.48 Å². The van der Waals surface area contributed by atoms with E-state index in [0.29, 0.717) is 22.7 Å². The van der Waals surface area contributed by atoms with Crippen molar-refractivity contribution in [2.24, 2.45) is 11.8 Å². The van der Waals surface area contributed by atoms with Crippen molar-refractivity contribution in [3.8, 4) is 5.88 Å². The molecule has 1 aliphatic rings. The Morgan fingerprint density at radius 2 is 1.86 bits per heavy atom. The standard InChI is InChI=1S/C26H31F3N4O3/c1-15(2)16-8-10-18(11-9-16)33-14-17-12-22(19(25(3,4)35)13-21(17)32-33)31-24(34)20-6-5-7-23(30-20)36-26(27,28)29/h5-7,12-16,18,35H,8-11H2,1-4H3,(H,31,34). The lowest BCUT2D eigenvalue weighted by atomic mass is 9.80. The highest BCUT2D eigenvalue weighted by atomic mass is 19.4. The highest BCUT2D eigenvalue weighted by Gasteiger charge is 2.32. The molecule has 1 aliphatic carbocycles. The minimum atomic E-state index is -4.92. The molecule has 0 unspecified atom stereocenters. The van der Waals surface area contributed by atoms with Crippen LogP contribution in [0.4, 0.5) is 18.9 Å². The third-order valence-corrected chi connectivity index (χ3v) is 6.80. The number of pyridine rings is 1. The first kappa shape index (κ1) is 25.9. The van der Waals surface area contributed by atoms with E-state index in [1.807, 2.05) is 10.9 Å². The molecule has 0 radical (unpaired) electrons. The van der Waals surface area contributed by atoms with Crippen molar-refractivity contribution in [1.82, 2.24) is 14.8 Å². The molecule has 0 bridgehead atoms. The normalized spacial score (nSPS) is 19.0. The number of anilines is 1. The van der Waals surface area contributed by atoms with Gasteiger partial charge in [0.1, 0.15) is 5.69 Å². The Morgan fingerprint density at radius 3 is 2.47 bits per heavy atom. The maximum atomic E-state index is 12.9. The van der Waals surface area contributed by atoms with E-state index >= 15 is 0 Å². The maximum Gasteiger partial charge on any atom is 0.574 e. The summed E-state index contributed by atoms with van der Waals surface area (Å²) >= 11 is 0. The van der Waals surface area contributed by atoms with Crippen LogP contribution in [-0.4, -0.2) is 32.1 Å². The number of nitrogens with one attached hydrogen (secondary N) is 1. The Labute approximate surface area is 207 Å². The SMILES string of the molecule is CC(C)C1CCC(n2cc3cc(NC(=O)c4cccc(OC(F)(F)F)n4)c(C(C)(C)O)cc3n2)CC1. The number of nitrogens with zero attached hydrogens (tertiary/aromatic N) is 3. The molecule has 0 spiro atoms. The number of hydrogen-bond donors (Lipinski definition) is 2. The zero-order chi connectivity index (χ0) is 26.3. The number of halogens is 3. The van der Waals surface area contributed by atoms with Gasteiger partial charge in [0.25, 0.3) is 5.91 Å². The first-order valence-electron chi connectivity index (χ1n) is 12.1. The van der Waals surface area contributed by atoms with Gasteiger partial charge in [0.15, 0.2) is 0 Å². The van der Waals surface area contributed by atoms with Gasteiger partial charge < -0.3 is 15.2 Å². The second-order valence-corrected chi connectivity index (χ2v) is 10.3. The van der Waals surface area contributed by atoms with E-state index in [4.69, 9.17) is 5.10 Å². The predicted octanol–water partition coefficient (Wildman–Crippen LogP) is 6.20. The fourth-order valence-corrected chi connectivity index (χ4v) is 4.82. The lowest BCUT2D eigenvalue weighted by Crippen LogP contribution is -2.22. The topological polar surface area (TPSA) is 89.3 Å². The number of rotatable bonds is 6. The molecule has 194 valence electrons. The number of benzene rings is 1. The Bertz CT molecular complexity index is 1240. The van der Waals surface area contributed by atoms with E-state index in [2.05, 4.69) is 28.9 Å². The zero-order valence-corrected chi connectivity index (χ0v) is 20.8. The van der Waals surface area contributed by atoms with Crippen molar-refractivity contribution in [2.75, 3.05) is 5.32 Å². The molecular weight excluding hydrogens is 473 g/mol. The molecule has 1 fully saturated rings. The minimum absolute atomic E-state index is 0.254. The van der Waals surface area contributed by atoms with Crippen LogP contribution in [0, 0.1) is 11.8 Å². The van der Waals surface area contributed by atoms with E-state index in [-0.39, 0.29) is 11.7 Å². The van der Waals surface area contributed by atoms with E-state index in [9.17, 15) is 23.1 Å². The van der Waals surface area contributed by atoms with Gasteiger partial charge in [-0.05, 0) is 69.6 Å². The van der Waals surface area contributed by atoms with Crippen molar-refractivity contribution in [1.29, 1.82) is 0 Å². The number of ether oxygens (including phenoxy) is 1. The number of aromatic nitrogens is 3. The monoisotopic (exact) mass is 504 g/mol. The average Bonchev–Trinajstić information content (AvgIpc) is 3.20. The summed E-state index contributed by atoms with van der Waals surface area (Å²) in [5.74, 6) is -0.0736. The molecule has 36 heavy (non-hydrogen) atoms. The summed E-state index contributed by atoms with van der Waals surface area (Å²) < 4.78 is 43.4. The van der Waals surface area contributed by atoms with Gasteiger partial charge in [0.2, 0.25) is 5.88 Å². The van der Waals surface area contributed by atoms with Gasteiger partial charge in [0.05, 0.1) is 17.2 Å². The van der Waals surface area contributed by atoms with Gasteiger partial charge >= 0.3 is 6.36 Å². The summed E-state index contributed by atoms with van der Waals surface area (Å²) in [6, 6.07) is 7.30. The van der Waals surface area contributed by atoms with Crippen LogP contribution in [0.1, 0.15) is 75.5 Å². The van der Waals surface area contributed by atoms with Gasteiger partial charge in [-0.25, -0.2) is 4.98 Å². The van der Waals surface area contributed by atoms with Crippen LogP contribution in [0.15, 0.2) is 36.5 Å². The highest BCUT2D eigenvalue weighted by molar-refractivity contribution is 6.04. The Hall–Kier alpha value is -3.14. The van der Waals surface area contributed by atoms with Gasteiger partial charge in [-0.15, -0.1) is 13.2 Å². The number of fused-ring (bicyclic) bond motifs is 1. The molecule has 0 aliphatic heterocycles. The number of carbonyl (C=O) groups is 1. The first-order valence-corrected chi connectivity index (χ1v) is 12.1. The molecule has 1 saturated carbocycles. The third kappa shape index (κ3) is 5.98. The van der Waals surface area contributed by atoms with Gasteiger partial charge in [0, 0.05) is 28.9 Å². The number of carbonyl (C=O) groups excluding carboxylic acids is 1. The average molecular weight is 505 g/mol. The lowest BCUT2D eigenvalue weighted by Gasteiger charge is -2.30. The lowest BCUT2D eigenvalue weighted by molar-refractivity contribution is -0.276. The van der Waals surface area contributed by atoms with Gasteiger partial charge in [-0.2, -0.15) is 5.10 Å². The van der Waals surface area contributed by atoms with Crippen LogP contribution < -0.4 is 10.1 Å². The quantitative estimate of drug-likeness (QED) is 0.417. The molecule has 10 heteroatoms. The molecule has 1 amide bonds. The summed E-state index contributed by atoms with van der Waals surface area (Å²) in [6.07, 6.45) is 1.41. The molecule has 4 rings (SSSR count). The van der Waals surface area contributed by atoms with E-state index < -0.39 is 23.8 Å². The van der Waals surface area contributed by atoms with Crippen LogP contribution in [0.3, 0.4) is 0 Å². The smallest absolute Gasteiger partial charge is 0.388 e. The van der Waals surface area contributed by atoms with Gasteiger partial charge in [-0.1, -0.05) is 19.9 Å². The summed E-state index contributed by atoms with van der Waals surface area (Å²) in [4.78, 5) is 16.5. The molecule has 2 aromatic heterocycles. The van der Waals surface area contributed by atoms with E-state index in [0.717, 1.165) is 43.1 Å². The fourth-order valence-electron chi connectivity index (χ4n) is 4.82. The number of amides is 1. The summed E-state index contributed by atoms with van der Waals surface area (Å²) in [7, 11) is 0. The molecule has 7 nitrogen and oxygen atoms in total. The van der Waals surface area contributed by atoms with Crippen molar-refractivity contribution >= 4 is 22.5 Å². The number of hydrogen-bond acceptors (Lipinski definition) is 5. The summed E-state index contributed by atoms with van der Waals surface area (Å²) in [5, 5.41) is 19.0. The largest absolute Gasteiger partial charge is 0.574 e. The third-order valence-electron chi connectivity index (χ3n) is 6.80. The van der Waals surface area contributed by atoms with E-state index in [1.54, 1.807) is 26.0 Å². The molecule has 3 aromatic rings. The summed E-state index contributed by atoms with van der Waals surface area (Å²) in [6.45, 7) is 7.70. The zero-order valence-electron chi connectivity index (χ0n) is 20.8. The fraction of sp³-hybridized carbons (Fsp3) is 0.500. The second-order valence-electron chi connectivity index (χ2n) is 10.3. The summed E-state index contributed by atoms with van der Waals surface area (Å²) in [5.41, 5.74) is -0.123. The van der Waals surface area contributed by atoms with Crippen LogP contribution in [0.2, 0.25) is 0 Å². The molecular formula is C26H31F3N4O3. The predicted molar refractivity (Wildman–Crippen MR) is 130 cm³/mol. The Morgan fingerprint density at radius 1 is 1.17 bits per heavy atom. The maximum absolute atomic E-state index is 12.9. The molecule has 2 heterocycles. The molecule has 2 N–H and O–H groups in total. The Balaban J connectivity index is 1.61.